The topological polar surface area (TPSA) is 69.6 Å². The highest BCUT2D eigenvalue weighted by molar-refractivity contribution is 5.38. The quantitative estimate of drug-likeness (QED) is 0.683. The average molecular weight is 195 g/mol. The lowest BCUT2D eigenvalue weighted by atomic mass is 10.6. The molecular formula is C8H13N5O. The van der Waals surface area contributed by atoms with Gasteiger partial charge in [-0.15, -0.1) is 0 Å². The third kappa shape index (κ3) is 1.95. The Balaban J connectivity index is 0.000000461. The first-order chi connectivity index (χ1) is 6.77. The summed E-state index contributed by atoms with van der Waals surface area (Å²) in [7, 11) is 1.77. The lowest BCUT2D eigenvalue weighted by Crippen LogP contribution is -1.94. The van der Waals surface area contributed by atoms with E-state index in [1.807, 2.05) is 13.8 Å². The van der Waals surface area contributed by atoms with Crippen LogP contribution in [0.3, 0.4) is 0 Å². The number of rotatable bonds is 1. The SMILES string of the molecule is CC.Cc1noc(-c2ncnn2C)n1. The van der Waals surface area contributed by atoms with E-state index in [0.717, 1.165) is 0 Å². The predicted octanol–water partition coefficient (Wildman–Crippen LogP) is 1.20. The Labute approximate surface area is 82.0 Å². The maximum atomic E-state index is 4.91. The van der Waals surface area contributed by atoms with Gasteiger partial charge in [0.1, 0.15) is 6.33 Å². The molecule has 14 heavy (non-hydrogen) atoms. The average Bonchev–Trinajstić information content (AvgIpc) is 2.78. The van der Waals surface area contributed by atoms with Crippen LogP contribution in [0.4, 0.5) is 0 Å². The second-order valence-corrected chi connectivity index (χ2v) is 2.35. The van der Waals surface area contributed by atoms with Crippen molar-refractivity contribution in [3.8, 4) is 11.7 Å². The number of aromatic nitrogens is 5. The van der Waals surface area contributed by atoms with Crippen molar-refractivity contribution in [3.05, 3.63) is 12.2 Å². The van der Waals surface area contributed by atoms with Crippen LogP contribution >= 0.6 is 0 Å². The summed E-state index contributed by atoms with van der Waals surface area (Å²) in [6, 6.07) is 0. The molecule has 6 nitrogen and oxygen atoms in total. The van der Waals surface area contributed by atoms with Gasteiger partial charge >= 0.3 is 0 Å². The molecule has 0 bridgehead atoms. The van der Waals surface area contributed by atoms with Crippen LogP contribution < -0.4 is 0 Å². The van der Waals surface area contributed by atoms with Crippen molar-refractivity contribution >= 4 is 0 Å². The minimum absolute atomic E-state index is 0.396. The standard InChI is InChI=1S/C6H7N5O.C2H6/c1-4-9-6(12-10-4)5-7-3-8-11(5)2;1-2/h3H,1-2H3;1-2H3. The van der Waals surface area contributed by atoms with Crippen molar-refractivity contribution in [3.63, 3.8) is 0 Å². The number of aryl methyl sites for hydroxylation is 2. The second-order valence-electron chi connectivity index (χ2n) is 2.35. The third-order valence-corrected chi connectivity index (χ3v) is 1.43. The van der Waals surface area contributed by atoms with Crippen LogP contribution in [0.15, 0.2) is 10.9 Å². The van der Waals surface area contributed by atoms with Gasteiger partial charge in [0.05, 0.1) is 0 Å². The van der Waals surface area contributed by atoms with E-state index in [0.29, 0.717) is 17.5 Å². The second kappa shape index (κ2) is 4.50. The third-order valence-electron chi connectivity index (χ3n) is 1.43. The van der Waals surface area contributed by atoms with Gasteiger partial charge in [0.25, 0.3) is 5.89 Å². The molecule has 6 heteroatoms. The Hall–Kier alpha value is -1.72. The molecular weight excluding hydrogens is 182 g/mol. The van der Waals surface area contributed by atoms with E-state index in [9.17, 15) is 0 Å². The Kier molecular flexibility index (Phi) is 3.33. The largest absolute Gasteiger partial charge is 0.330 e. The van der Waals surface area contributed by atoms with Crippen molar-refractivity contribution in [2.75, 3.05) is 0 Å². The summed E-state index contributed by atoms with van der Waals surface area (Å²) in [6.45, 7) is 5.75. The summed E-state index contributed by atoms with van der Waals surface area (Å²) in [6.07, 6.45) is 1.44. The minimum Gasteiger partial charge on any atom is -0.330 e. The fraction of sp³-hybridized carbons (Fsp3) is 0.500. The van der Waals surface area contributed by atoms with Crippen molar-refractivity contribution in [2.45, 2.75) is 20.8 Å². The molecule has 0 radical (unpaired) electrons. The molecule has 0 aromatic carbocycles. The minimum atomic E-state index is 0.396. The van der Waals surface area contributed by atoms with Crippen LogP contribution in [0, 0.1) is 6.92 Å². The summed E-state index contributed by atoms with van der Waals surface area (Å²) in [5.74, 6) is 1.57. The molecule has 0 spiro atoms. The normalized spacial score (nSPS) is 9.43. The van der Waals surface area contributed by atoms with E-state index in [1.165, 1.54) is 6.33 Å². The van der Waals surface area contributed by atoms with Gasteiger partial charge in [-0.2, -0.15) is 10.1 Å². The van der Waals surface area contributed by atoms with E-state index in [4.69, 9.17) is 4.52 Å². The first-order valence-electron chi connectivity index (χ1n) is 4.42. The zero-order valence-electron chi connectivity index (χ0n) is 8.72. The summed E-state index contributed by atoms with van der Waals surface area (Å²) < 4.78 is 6.48. The molecule has 76 valence electrons. The summed E-state index contributed by atoms with van der Waals surface area (Å²) >= 11 is 0. The van der Waals surface area contributed by atoms with Crippen molar-refractivity contribution in [1.29, 1.82) is 0 Å². The van der Waals surface area contributed by atoms with Crippen molar-refractivity contribution < 1.29 is 4.52 Å². The molecule has 0 aliphatic carbocycles. The van der Waals surface area contributed by atoms with E-state index in [2.05, 4.69) is 20.2 Å². The van der Waals surface area contributed by atoms with Gasteiger partial charge in [-0.25, -0.2) is 9.67 Å². The van der Waals surface area contributed by atoms with Crippen molar-refractivity contribution in [2.24, 2.45) is 7.05 Å². The van der Waals surface area contributed by atoms with Crippen LogP contribution in [-0.4, -0.2) is 24.9 Å². The van der Waals surface area contributed by atoms with Crippen LogP contribution in [0.2, 0.25) is 0 Å². The molecule has 0 atom stereocenters. The molecule has 0 saturated carbocycles. The molecule has 0 fully saturated rings. The van der Waals surface area contributed by atoms with Gasteiger partial charge in [0, 0.05) is 7.05 Å². The molecule has 0 aliphatic rings. The first-order valence-corrected chi connectivity index (χ1v) is 4.42. The Morgan fingerprint density at radius 2 is 2.07 bits per heavy atom. The van der Waals surface area contributed by atoms with Crippen molar-refractivity contribution in [1.82, 2.24) is 24.9 Å². The Morgan fingerprint density at radius 1 is 1.36 bits per heavy atom. The zero-order chi connectivity index (χ0) is 10.6. The molecule has 2 rings (SSSR count). The van der Waals surface area contributed by atoms with Crippen LogP contribution in [0.1, 0.15) is 19.7 Å². The molecule has 0 saturated heterocycles. The molecule has 2 aromatic rings. The highest BCUT2D eigenvalue weighted by atomic mass is 16.5. The van der Waals surface area contributed by atoms with Gasteiger partial charge < -0.3 is 4.52 Å². The lowest BCUT2D eigenvalue weighted by Gasteiger charge is -1.89. The first kappa shape index (κ1) is 10.4. The van der Waals surface area contributed by atoms with Gasteiger partial charge in [-0.3, -0.25) is 0 Å². The van der Waals surface area contributed by atoms with Crippen LogP contribution in [0.25, 0.3) is 11.7 Å². The van der Waals surface area contributed by atoms with E-state index >= 15 is 0 Å². The number of nitrogens with zero attached hydrogens (tertiary/aromatic N) is 5. The van der Waals surface area contributed by atoms with E-state index in [-0.39, 0.29) is 0 Å². The Bertz CT molecular complexity index is 392. The van der Waals surface area contributed by atoms with Gasteiger partial charge in [-0.05, 0) is 6.92 Å². The molecule has 2 aromatic heterocycles. The van der Waals surface area contributed by atoms with E-state index in [1.54, 1.807) is 18.7 Å². The zero-order valence-corrected chi connectivity index (χ0v) is 8.72. The predicted molar refractivity (Wildman–Crippen MR) is 50.4 cm³/mol. The van der Waals surface area contributed by atoms with E-state index < -0.39 is 0 Å². The highest BCUT2D eigenvalue weighted by Gasteiger charge is 2.10. The van der Waals surface area contributed by atoms with Gasteiger partial charge in [-0.1, -0.05) is 19.0 Å². The lowest BCUT2D eigenvalue weighted by molar-refractivity contribution is 0.421. The monoisotopic (exact) mass is 195 g/mol. The van der Waals surface area contributed by atoms with Crippen LogP contribution in [-0.2, 0) is 7.05 Å². The molecule has 0 N–H and O–H groups in total. The number of hydrogen-bond acceptors (Lipinski definition) is 5. The van der Waals surface area contributed by atoms with Gasteiger partial charge in [0.15, 0.2) is 5.82 Å². The Morgan fingerprint density at radius 3 is 2.50 bits per heavy atom. The van der Waals surface area contributed by atoms with Crippen LogP contribution in [0.5, 0.6) is 0 Å². The summed E-state index contributed by atoms with van der Waals surface area (Å²) in [4.78, 5) is 7.97. The molecule has 0 aliphatic heterocycles. The number of hydrogen-bond donors (Lipinski definition) is 0. The van der Waals surface area contributed by atoms with Gasteiger partial charge in [0.2, 0.25) is 5.82 Å². The maximum Gasteiger partial charge on any atom is 0.295 e. The smallest absolute Gasteiger partial charge is 0.295 e. The summed E-state index contributed by atoms with van der Waals surface area (Å²) in [5, 5.41) is 7.53. The molecule has 2 heterocycles. The summed E-state index contributed by atoms with van der Waals surface area (Å²) in [5.41, 5.74) is 0. The fourth-order valence-electron chi connectivity index (χ4n) is 0.878. The maximum absolute atomic E-state index is 4.91. The molecule has 0 amide bonds. The fourth-order valence-corrected chi connectivity index (χ4v) is 0.878. The molecule has 0 unspecified atom stereocenters. The highest BCUT2D eigenvalue weighted by Crippen LogP contribution is 2.11.